The predicted molar refractivity (Wildman–Crippen MR) is 44.4 cm³/mol. The normalized spacial score (nSPS) is 44.9. The summed E-state index contributed by atoms with van der Waals surface area (Å²) in [4.78, 5) is 2.35. The van der Waals surface area contributed by atoms with Gasteiger partial charge >= 0.3 is 0 Å². The minimum atomic E-state index is -0.128. The van der Waals surface area contributed by atoms with E-state index in [0.717, 1.165) is 25.9 Å². The Labute approximate surface area is 67.5 Å². The summed E-state index contributed by atoms with van der Waals surface area (Å²) in [6.45, 7) is 8.18. The maximum absolute atomic E-state index is 9.44. The highest BCUT2D eigenvalue weighted by atomic mass is 16.3. The van der Waals surface area contributed by atoms with Gasteiger partial charge in [0.05, 0.1) is 6.10 Å². The second-order valence-electron chi connectivity index (χ2n) is 3.93. The average molecular weight is 153 g/mol. The molecule has 0 aromatic carbocycles. The van der Waals surface area contributed by atoms with E-state index in [4.69, 9.17) is 0 Å². The van der Waals surface area contributed by atoms with E-state index in [1.54, 1.807) is 0 Å². The van der Waals surface area contributed by atoms with Gasteiger partial charge in [0.15, 0.2) is 0 Å². The van der Waals surface area contributed by atoms with Crippen LogP contribution in [0.25, 0.3) is 0 Å². The van der Waals surface area contributed by atoms with Crippen LogP contribution in [0.2, 0.25) is 0 Å². The molecular weight excluding hydrogens is 138 g/mol. The third kappa shape index (κ3) is 0.861. The number of aliphatic hydroxyl groups excluding tert-OH is 1. The van der Waals surface area contributed by atoms with Gasteiger partial charge in [-0.1, -0.05) is 12.2 Å². The van der Waals surface area contributed by atoms with Crippen LogP contribution in [-0.4, -0.2) is 34.7 Å². The topological polar surface area (TPSA) is 23.5 Å². The maximum atomic E-state index is 9.44. The smallest absolute Gasteiger partial charge is 0.0688 e. The van der Waals surface area contributed by atoms with E-state index in [1.165, 1.54) is 5.57 Å². The Morgan fingerprint density at radius 1 is 1.73 bits per heavy atom. The van der Waals surface area contributed by atoms with Gasteiger partial charge in [-0.05, 0) is 19.8 Å². The summed E-state index contributed by atoms with van der Waals surface area (Å²) in [6, 6.07) is 0. The van der Waals surface area contributed by atoms with Crippen LogP contribution < -0.4 is 0 Å². The third-order valence-corrected chi connectivity index (χ3v) is 3.21. The second-order valence-corrected chi connectivity index (χ2v) is 3.93. The molecule has 0 spiro atoms. The quantitative estimate of drug-likeness (QED) is 0.520. The van der Waals surface area contributed by atoms with Gasteiger partial charge in [0, 0.05) is 18.6 Å². The second kappa shape index (κ2) is 2.08. The third-order valence-electron chi connectivity index (χ3n) is 3.21. The Morgan fingerprint density at radius 2 is 2.45 bits per heavy atom. The summed E-state index contributed by atoms with van der Waals surface area (Å²) >= 11 is 0. The number of fused-ring (bicyclic) bond motifs is 1. The number of hydrogen-bond acceptors (Lipinski definition) is 2. The predicted octanol–water partition coefficient (Wildman–Crippen LogP) is 0.772. The largest absolute Gasteiger partial charge is 0.392 e. The SMILES string of the molecule is C=C1CCN2C[C@H](O)C[C@]12C. The van der Waals surface area contributed by atoms with E-state index in [0.29, 0.717) is 0 Å². The summed E-state index contributed by atoms with van der Waals surface area (Å²) in [5, 5.41) is 9.44. The molecule has 0 saturated carbocycles. The summed E-state index contributed by atoms with van der Waals surface area (Å²) < 4.78 is 0. The lowest BCUT2D eigenvalue weighted by atomic mass is 9.92. The van der Waals surface area contributed by atoms with E-state index < -0.39 is 0 Å². The molecule has 0 aromatic rings. The zero-order valence-electron chi connectivity index (χ0n) is 7.01. The molecule has 0 bridgehead atoms. The Kier molecular flexibility index (Phi) is 1.38. The van der Waals surface area contributed by atoms with Crippen molar-refractivity contribution in [3.8, 4) is 0 Å². The van der Waals surface area contributed by atoms with Gasteiger partial charge in [0.2, 0.25) is 0 Å². The van der Waals surface area contributed by atoms with E-state index >= 15 is 0 Å². The van der Waals surface area contributed by atoms with Crippen LogP contribution in [0, 0.1) is 0 Å². The lowest BCUT2D eigenvalue weighted by molar-refractivity contribution is 0.177. The molecule has 0 radical (unpaired) electrons. The fourth-order valence-electron chi connectivity index (χ4n) is 2.35. The molecule has 2 fully saturated rings. The summed E-state index contributed by atoms with van der Waals surface area (Å²) in [5.41, 5.74) is 1.42. The van der Waals surface area contributed by atoms with Crippen LogP contribution in [-0.2, 0) is 0 Å². The van der Waals surface area contributed by atoms with Gasteiger partial charge in [-0.15, -0.1) is 0 Å². The molecule has 0 amide bonds. The number of aliphatic hydroxyl groups is 1. The van der Waals surface area contributed by atoms with Crippen LogP contribution in [0.5, 0.6) is 0 Å². The van der Waals surface area contributed by atoms with Crippen LogP contribution >= 0.6 is 0 Å². The van der Waals surface area contributed by atoms with Crippen molar-refractivity contribution in [3.63, 3.8) is 0 Å². The molecule has 62 valence electrons. The van der Waals surface area contributed by atoms with E-state index in [-0.39, 0.29) is 11.6 Å². The van der Waals surface area contributed by atoms with Crippen molar-refractivity contribution in [1.82, 2.24) is 4.90 Å². The van der Waals surface area contributed by atoms with Gasteiger partial charge in [0.25, 0.3) is 0 Å². The highest BCUT2D eigenvalue weighted by Gasteiger charge is 2.46. The fraction of sp³-hybridized carbons (Fsp3) is 0.778. The van der Waals surface area contributed by atoms with Crippen molar-refractivity contribution in [3.05, 3.63) is 12.2 Å². The molecule has 2 aliphatic heterocycles. The Bertz CT molecular complexity index is 202. The monoisotopic (exact) mass is 153 g/mol. The van der Waals surface area contributed by atoms with Crippen molar-refractivity contribution < 1.29 is 5.11 Å². The molecular formula is C9H15NO. The number of hydrogen-bond donors (Lipinski definition) is 1. The fourth-order valence-corrected chi connectivity index (χ4v) is 2.35. The van der Waals surface area contributed by atoms with Crippen molar-refractivity contribution in [2.75, 3.05) is 13.1 Å². The van der Waals surface area contributed by atoms with Gasteiger partial charge in [0.1, 0.15) is 0 Å². The summed E-state index contributed by atoms with van der Waals surface area (Å²) in [6.07, 6.45) is 1.87. The van der Waals surface area contributed by atoms with Gasteiger partial charge in [-0.25, -0.2) is 0 Å². The zero-order valence-corrected chi connectivity index (χ0v) is 7.01. The molecule has 2 heterocycles. The molecule has 2 nitrogen and oxygen atoms in total. The molecule has 11 heavy (non-hydrogen) atoms. The molecule has 0 aliphatic carbocycles. The van der Waals surface area contributed by atoms with E-state index in [1.807, 2.05) is 0 Å². The zero-order chi connectivity index (χ0) is 8.06. The first-order chi connectivity index (χ1) is 5.13. The summed E-state index contributed by atoms with van der Waals surface area (Å²) in [7, 11) is 0. The van der Waals surface area contributed by atoms with Gasteiger partial charge < -0.3 is 5.11 Å². The Balaban J connectivity index is 2.26. The molecule has 2 atom stereocenters. The molecule has 2 saturated heterocycles. The van der Waals surface area contributed by atoms with Crippen LogP contribution in [0.3, 0.4) is 0 Å². The standard InChI is InChI=1S/C9H15NO/c1-7-3-4-10-6-8(11)5-9(7,10)2/h8,11H,1,3-6H2,2H3/t8-,9-/m1/s1. The lowest BCUT2D eigenvalue weighted by Gasteiger charge is -2.27. The van der Waals surface area contributed by atoms with Gasteiger partial charge in [-0.2, -0.15) is 0 Å². The first-order valence-corrected chi connectivity index (χ1v) is 4.24. The molecule has 2 aliphatic rings. The first kappa shape index (κ1) is 7.32. The molecule has 1 N–H and O–H groups in total. The lowest BCUT2D eigenvalue weighted by Crippen LogP contribution is -2.35. The van der Waals surface area contributed by atoms with Crippen LogP contribution in [0.1, 0.15) is 19.8 Å². The van der Waals surface area contributed by atoms with Gasteiger partial charge in [-0.3, -0.25) is 4.90 Å². The molecule has 0 aromatic heterocycles. The maximum Gasteiger partial charge on any atom is 0.0688 e. The van der Waals surface area contributed by atoms with E-state index in [9.17, 15) is 5.11 Å². The van der Waals surface area contributed by atoms with Crippen molar-refractivity contribution in [1.29, 1.82) is 0 Å². The van der Waals surface area contributed by atoms with Crippen molar-refractivity contribution in [2.45, 2.75) is 31.4 Å². The van der Waals surface area contributed by atoms with E-state index in [2.05, 4.69) is 18.4 Å². The Hall–Kier alpha value is -0.340. The Morgan fingerprint density at radius 3 is 3.09 bits per heavy atom. The van der Waals surface area contributed by atoms with Crippen LogP contribution in [0.15, 0.2) is 12.2 Å². The highest BCUT2D eigenvalue weighted by Crippen LogP contribution is 2.41. The number of β-amino-alcohol motifs (C(OH)–C–C–N with tert-alkyl or cyclic N) is 1. The molecule has 2 heteroatoms. The first-order valence-electron chi connectivity index (χ1n) is 4.24. The molecule has 2 rings (SSSR count). The molecule has 0 unspecified atom stereocenters. The minimum Gasteiger partial charge on any atom is -0.392 e. The number of nitrogens with zero attached hydrogens (tertiary/aromatic N) is 1. The van der Waals surface area contributed by atoms with Crippen molar-refractivity contribution in [2.24, 2.45) is 0 Å². The minimum absolute atomic E-state index is 0.124. The van der Waals surface area contributed by atoms with Crippen LogP contribution in [0.4, 0.5) is 0 Å². The highest BCUT2D eigenvalue weighted by molar-refractivity contribution is 5.24. The summed E-state index contributed by atoms with van der Waals surface area (Å²) in [5.74, 6) is 0. The number of rotatable bonds is 0. The van der Waals surface area contributed by atoms with Crippen molar-refractivity contribution >= 4 is 0 Å². The average Bonchev–Trinajstić information content (AvgIpc) is 2.32.